The summed E-state index contributed by atoms with van der Waals surface area (Å²) in [7, 11) is -2.94. The van der Waals surface area contributed by atoms with Gasteiger partial charge in [-0.2, -0.15) is 0 Å². The Kier molecular flexibility index (Phi) is 6.90. The van der Waals surface area contributed by atoms with E-state index in [9.17, 15) is 22.3 Å². The number of nitrogens with zero attached hydrogens (tertiary/aromatic N) is 1. The van der Waals surface area contributed by atoms with E-state index in [0.717, 1.165) is 22.5 Å². The van der Waals surface area contributed by atoms with Crippen molar-refractivity contribution in [1.29, 1.82) is 0 Å². The smallest absolute Gasteiger partial charge is 0.264 e. The maximum Gasteiger partial charge on any atom is 0.264 e. The third-order valence-electron chi connectivity index (χ3n) is 6.12. The molecule has 0 fully saturated rings. The Bertz CT molecular complexity index is 1400. The molecule has 4 rings (SSSR count). The molecular weight excluding hydrogens is 496 g/mol. The van der Waals surface area contributed by atoms with Crippen LogP contribution in [0, 0.1) is 11.6 Å². The summed E-state index contributed by atoms with van der Waals surface area (Å²) in [5.41, 5.74) is 2.47. The van der Waals surface area contributed by atoms with Gasteiger partial charge in [0.1, 0.15) is 5.82 Å². The fourth-order valence-electron chi connectivity index (χ4n) is 4.28. The minimum absolute atomic E-state index is 0.169. The minimum Gasteiger partial charge on any atom is -0.494 e. The molecule has 0 saturated heterocycles. The number of rotatable bonds is 5. The molecule has 0 radical (unpaired) electrons. The molecule has 0 amide bonds. The number of benzene rings is 3. The standard InChI is InChI=1S/C26H24ClF2NO4S/c1-15(26-20(27)5-4-6-22(26)29)11-17-7-8-18-13-24(31)16(2)30(23(18)12-17)35(32,33)19-9-10-21(28)25(14-19)34-3/h4-12,14,16,24,31H,13H2,1-3H3/b15-11+. The molecule has 184 valence electrons. The molecule has 0 aliphatic carbocycles. The fraction of sp³-hybridized carbons (Fsp3) is 0.231. The molecule has 1 aliphatic heterocycles. The van der Waals surface area contributed by atoms with E-state index in [-0.39, 0.29) is 27.7 Å². The highest BCUT2D eigenvalue weighted by Gasteiger charge is 2.38. The number of hydrogen-bond donors (Lipinski definition) is 1. The monoisotopic (exact) mass is 519 g/mol. The lowest BCUT2D eigenvalue weighted by Gasteiger charge is -2.39. The van der Waals surface area contributed by atoms with E-state index in [1.807, 2.05) is 0 Å². The van der Waals surface area contributed by atoms with Gasteiger partial charge in [-0.1, -0.05) is 35.9 Å². The number of ether oxygens (including phenoxy) is 1. The Balaban J connectivity index is 1.83. The zero-order valence-electron chi connectivity index (χ0n) is 19.3. The third kappa shape index (κ3) is 4.66. The molecule has 0 saturated carbocycles. The first-order valence-electron chi connectivity index (χ1n) is 10.9. The highest BCUT2D eigenvalue weighted by atomic mass is 35.5. The second-order valence-electron chi connectivity index (χ2n) is 8.42. The highest BCUT2D eigenvalue weighted by Crippen LogP contribution is 2.38. The summed E-state index contributed by atoms with van der Waals surface area (Å²) in [4.78, 5) is -0.169. The number of aliphatic hydroxyl groups excluding tert-OH is 1. The molecule has 9 heteroatoms. The molecule has 3 aromatic rings. The van der Waals surface area contributed by atoms with Gasteiger partial charge in [-0.25, -0.2) is 17.2 Å². The second-order valence-corrected chi connectivity index (χ2v) is 10.6. The van der Waals surface area contributed by atoms with Crippen LogP contribution in [0.25, 0.3) is 11.6 Å². The van der Waals surface area contributed by atoms with Crippen LogP contribution in [0.2, 0.25) is 5.02 Å². The van der Waals surface area contributed by atoms with Gasteiger partial charge in [0.2, 0.25) is 0 Å². The van der Waals surface area contributed by atoms with Gasteiger partial charge in [0.25, 0.3) is 10.0 Å². The SMILES string of the molecule is COc1cc(S(=O)(=O)N2c3cc(/C=C(\C)c4c(F)cccc4Cl)ccc3CC(O)C2C)ccc1F. The first kappa shape index (κ1) is 25.2. The Morgan fingerprint density at radius 2 is 1.89 bits per heavy atom. The van der Waals surface area contributed by atoms with Crippen LogP contribution < -0.4 is 9.04 Å². The van der Waals surface area contributed by atoms with Crippen LogP contribution >= 0.6 is 11.6 Å². The lowest BCUT2D eigenvalue weighted by Crippen LogP contribution is -2.49. The number of methoxy groups -OCH3 is 1. The van der Waals surface area contributed by atoms with Gasteiger partial charge in [0.05, 0.1) is 34.9 Å². The van der Waals surface area contributed by atoms with Gasteiger partial charge in [0.15, 0.2) is 11.6 Å². The first-order valence-corrected chi connectivity index (χ1v) is 12.7. The van der Waals surface area contributed by atoms with Crippen molar-refractivity contribution < 1.29 is 27.0 Å². The zero-order valence-corrected chi connectivity index (χ0v) is 20.9. The van der Waals surface area contributed by atoms with Crippen LogP contribution in [0.4, 0.5) is 14.5 Å². The fourth-order valence-corrected chi connectivity index (χ4v) is 6.32. The van der Waals surface area contributed by atoms with Crippen molar-refractivity contribution in [2.75, 3.05) is 11.4 Å². The van der Waals surface area contributed by atoms with Crippen molar-refractivity contribution in [2.45, 2.75) is 37.3 Å². The average molecular weight is 520 g/mol. The molecule has 35 heavy (non-hydrogen) atoms. The van der Waals surface area contributed by atoms with E-state index in [4.69, 9.17) is 16.3 Å². The molecule has 0 bridgehead atoms. The summed E-state index contributed by atoms with van der Waals surface area (Å²) in [5, 5.41) is 10.9. The lowest BCUT2D eigenvalue weighted by atomic mass is 9.94. The molecule has 1 aliphatic rings. The zero-order chi connectivity index (χ0) is 25.5. The predicted molar refractivity (Wildman–Crippen MR) is 133 cm³/mol. The molecule has 1 heterocycles. The molecule has 3 aromatic carbocycles. The van der Waals surface area contributed by atoms with E-state index in [0.29, 0.717) is 22.4 Å². The van der Waals surface area contributed by atoms with E-state index in [1.165, 1.54) is 19.2 Å². The maximum atomic E-state index is 14.4. The molecule has 0 spiro atoms. The van der Waals surface area contributed by atoms with Gasteiger partial charge >= 0.3 is 0 Å². The number of hydrogen-bond acceptors (Lipinski definition) is 4. The van der Waals surface area contributed by atoms with Crippen molar-refractivity contribution in [1.82, 2.24) is 0 Å². The quantitative estimate of drug-likeness (QED) is 0.440. The Morgan fingerprint density at radius 3 is 2.57 bits per heavy atom. The number of allylic oxidation sites excluding steroid dienone is 1. The molecular formula is C26H24ClF2NO4S. The van der Waals surface area contributed by atoms with E-state index in [1.54, 1.807) is 44.2 Å². The van der Waals surface area contributed by atoms with Crippen LogP contribution in [0.15, 0.2) is 59.5 Å². The molecule has 5 nitrogen and oxygen atoms in total. The molecule has 2 unspecified atom stereocenters. The number of anilines is 1. The summed E-state index contributed by atoms with van der Waals surface area (Å²) in [6.45, 7) is 3.33. The largest absolute Gasteiger partial charge is 0.494 e. The summed E-state index contributed by atoms with van der Waals surface area (Å²) < 4.78 is 61.8. The predicted octanol–water partition coefficient (Wildman–Crippen LogP) is 5.69. The van der Waals surface area contributed by atoms with Crippen LogP contribution in [0.5, 0.6) is 5.75 Å². The Morgan fingerprint density at radius 1 is 1.14 bits per heavy atom. The van der Waals surface area contributed by atoms with Gasteiger partial charge < -0.3 is 9.84 Å². The topological polar surface area (TPSA) is 66.8 Å². The van der Waals surface area contributed by atoms with Crippen LogP contribution in [-0.4, -0.2) is 32.8 Å². The maximum absolute atomic E-state index is 14.4. The normalized spacial score (nSPS) is 18.4. The van der Waals surface area contributed by atoms with Crippen molar-refractivity contribution in [3.05, 3.63) is 87.9 Å². The van der Waals surface area contributed by atoms with Crippen molar-refractivity contribution in [3.8, 4) is 5.75 Å². The summed E-state index contributed by atoms with van der Waals surface area (Å²) in [6, 6.07) is 12.1. The van der Waals surface area contributed by atoms with Crippen molar-refractivity contribution in [3.63, 3.8) is 0 Å². The average Bonchev–Trinajstić information content (AvgIpc) is 2.80. The van der Waals surface area contributed by atoms with Crippen LogP contribution in [0.1, 0.15) is 30.5 Å². The van der Waals surface area contributed by atoms with Crippen molar-refractivity contribution in [2.24, 2.45) is 0 Å². The van der Waals surface area contributed by atoms with E-state index in [2.05, 4.69) is 0 Å². The van der Waals surface area contributed by atoms with Crippen LogP contribution in [-0.2, 0) is 16.4 Å². The Hall–Kier alpha value is -2.94. The molecule has 1 N–H and O–H groups in total. The number of aliphatic hydroxyl groups is 1. The van der Waals surface area contributed by atoms with Gasteiger partial charge in [-0.3, -0.25) is 4.31 Å². The van der Waals surface area contributed by atoms with Gasteiger partial charge in [-0.05, 0) is 60.9 Å². The van der Waals surface area contributed by atoms with Crippen LogP contribution in [0.3, 0.4) is 0 Å². The minimum atomic E-state index is -4.19. The number of sulfonamides is 1. The number of fused-ring (bicyclic) bond motifs is 1. The Labute approximate surface area is 208 Å². The molecule has 0 aromatic heterocycles. The van der Waals surface area contributed by atoms with Gasteiger partial charge in [0, 0.05) is 18.1 Å². The first-order chi connectivity index (χ1) is 16.5. The van der Waals surface area contributed by atoms with E-state index >= 15 is 0 Å². The third-order valence-corrected chi connectivity index (χ3v) is 8.33. The summed E-state index contributed by atoms with van der Waals surface area (Å²) in [5.74, 6) is -1.35. The van der Waals surface area contributed by atoms with Crippen molar-refractivity contribution >= 4 is 39.0 Å². The summed E-state index contributed by atoms with van der Waals surface area (Å²) >= 11 is 6.19. The lowest BCUT2D eigenvalue weighted by molar-refractivity contribution is 0.147. The molecule has 2 atom stereocenters. The highest BCUT2D eigenvalue weighted by molar-refractivity contribution is 7.92. The van der Waals surface area contributed by atoms with E-state index < -0.39 is 33.8 Å². The second kappa shape index (κ2) is 9.60. The van der Waals surface area contributed by atoms with Gasteiger partial charge in [-0.15, -0.1) is 0 Å². The number of halogens is 3. The summed E-state index contributed by atoms with van der Waals surface area (Å²) in [6.07, 6.45) is 1.03.